The fourth-order valence-corrected chi connectivity index (χ4v) is 5.78. The fraction of sp³-hybridized carbons (Fsp3) is 0.105. The monoisotopic (exact) mass is 582 g/mol. The molecule has 6 heteroatoms. The highest BCUT2D eigenvalue weighted by Gasteiger charge is 2.66. The van der Waals surface area contributed by atoms with Crippen LogP contribution in [0.25, 0.3) is 0 Å². The summed E-state index contributed by atoms with van der Waals surface area (Å²) >= 11 is 0. The van der Waals surface area contributed by atoms with Gasteiger partial charge >= 0.3 is 11.9 Å². The summed E-state index contributed by atoms with van der Waals surface area (Å²) < 4.78 is 26.0. The van der Waals surface area contributed by atoms with Crippen molar-refractivity contribution in [2.45, 2.75) is 25.0 Å². The van der Waals surface area contributed by atoms with Crippen molar-refractivity contribution in [3.05, 3.63) is 191 Å². The van der Waals surface area contributed by atoms with Crippen LogP contribution < -0.4 is 0 Å². The first kappa shape index (κ1) is 28.5. The lowest BCUT2D eigenvalue weighted by Gasteiger charge is -2.47. The summed E-state index contributed by atoms with van der Waals surface area (Å²) in [4.78, 5) is 28.6. The lowest BCUT2D eigenvalue weighted by Crippen LogP contribution is -2.56. The summed E-state index contributed by atoms with van der Waals surface area (Å²) in [5, 5.41) is 0. The molecule has 4 aromatic carbocycles. The fourth-order valence-electron chi connectivity index (χ4n) is 5.78. The third-order valence-electron chi connectivity index (χ3n) is 7.79. The lowest BCUT2D eigenvalue weighted by molar-refractivity contribution is -0.145. The lowest BCUT2D eigenvalue weighted by atomic mass is 9.67. The Bertz CT molecular complexity index is 1720. The molecule has 2 aromatic heterocycles. The number of rotatable bonds is 9. The van der Waals surface area contributed by atoms with E-state index in [4.69, 9.17) is 18.3 Å². The van der Waals surface area contributed by atoms with E-state index < -0.39 is 23.1 Å². The van der Waals surface area contributed by atoms with Crippen molar-refractivity contribution in [2.75, 3.05) is 0 Å². The molecule has 6 rings (SSSR count). The molecule has 0 radical (unpaired) electrons. The number of aryl methyl sites for hydroxylation is 2. The molecule has 0 aliphatic carbocycles. The molecular weight excluding hydrogens is 552 g/mol. The molecule has 0 saturated carbocycles. The van der Waals surface area contributed by atoms with Crippen LogP contribution in [0.15, 0.2) is 155 Å². The normalized spacial score (nSPS) is 13.8. The zero-order chi connectivity index (χ0) is 30.6. The van der Waals surface area contributed by atoms with E-state index in [9.17, 15) is 9.59 Å². The van der Waals surface area contributed by atoms with Gasteiger partial charge in [0.2, 0.25) is 11.2 Å². The van der Waals surface area contributed by atoms with Crippen LogP contribution >= 0.6 is 0 Å². The topological polar surface area (TPSA) is 78.9 Å². The van der Waals surface area contributed by atoms with Gasteiger partial charge in [0.15, 0.2) is 11.5 Å². The Labute approximate surface area is 255 Å². The van der Waals surface area contributed by atoms with E-state index in [-0.39, 0.29) is 11.5 Å². The Morgan fingerprint density at radius 3 is 1.18 bits per heavy atom. The number of hydrogen-bond acceptors (Lipinski definition) is 6. The average Bonchev–Trinajstić information content (AvgIpc) is 3.80. The Kier molecular flexibility index (Phi) is 7.73. The van der Waals surface area contributed by atoms with Gasteiger partial charge in [0, 0.05) is 11.1 Å². The van der Waals surface area contributed by atoms with E-state index in [1.54, 1.807) is 72.8 Å². The van der Waals surface area contributed by atoms with E-state index in [1.165, 1.54) is 12.5 Å². The van der Waals surface area contributed by atoms with Crippen molar-refractivity contribution in [3.63, 3.8) is 0 Å². The summed E-state index contributed by atoms with van der Waals surface area (Å²) in [7, 11) is 0. The van der Waals surface area contributed by atoms with Crippen LogP contribution in [0, 0.1) is 13.8 Å². The van der Waals surface area contributed by atoms with Crippen molar-refractivity contribution >= 4 is 11.9 Å². The molecule has 2 unspecified atom stereocenters. The number of hydrogen-bond donors (Lipinski definition) is 0. The van der Waals surface area contributed by atoms with Gasteiger partial charge in [-0.15, -0.1) is 0 Å². The van der Waals surface area contributed by atoms with Crippen LogP contribution in [-0.4, -0.2) is 11.9 Å². The molecule has 218 valence electrons. The van der Waals surface area contributed by atoms with Crippen LogP contribution in [0.4, 0.5) is 0 Å². The molecule has 6 nitrogen and oxygen atoms in total. The van der Waals surface area contributed by atoms with Gasteiger partial charge in [-0.05, 0) is 73.5 Å². The van der Waals surface area contributed by atoms with Gasteiger partial charge in [-0.3, -0.25) is 0 Å². The molecule has 0 fully saturated rings. The Balaban J connectivity index is 1.78. The summed E-state index contributed by atoms with van der Waals surface area (Å²) in [6.45, 7) is 3.82. The van der Waals surface area contributed by atoms with Crippen molar-refractivity contribution in [1.82, 2.24) is 0 Å². The molecule has 0 N–H and O–H groups in total. The van der Waals surface area contributed by atoms with Crippen LogP contribution in [0.5, 0.6) is 0 Å². The number of carbonyl (C=O) groups excluding carboxylic acids is 2. The number of esters is 2. The predicted octanol–water partition coefficient (Wildman–Crippen LogP) is 8.39. The Hall–Kier alpha value is -5.62. The second-order valence-corrected chi connectivity index (χ2v) is 10.5. The Morgan fingerprint density at radius 1 is 0.477 bits per heavy atom. The first-order valence-corrected chi connectivity index (χ1v) is 14.2. The highest BCUT2D eigenvalue weighted by atomic mass is 16.6. The minimum absolute atomic E-state index is 0.233. The second kappa shape index (κ2) is 11.9. The molecule has 2 atom stereocenters. The molecule has 44 heavy (non-hydrogen) atoms. The van der Waals surface area contributed by atoms with Crippen molar-refractivity contribution < 1.29 is 27.9 Å². The third-order valence-corrected chi connectivity index (χ3v) is 7.79. The quantitative estimate of drug-likeness (QED) is 0.159. The van der Waals surface area contributed by atoms with Crippen LogP contribution in [-0.2, 0) is 20.7 Å². The molecule has 0 aliphatic heterocycles. The van der Waals surface area contributed by atoms with Crippen LogP contribution in [0.1, 0.15) is 54.5 Å². The average molecular weight is 583 g/mol. The summed E-state index contributed by atoms with van der Waals surface area (Å²) in [5.74, 6) is -0.829. The van der Waals surface area contributed by atoms with E-state index in [1.807, 2.05) is 74.5 Å². The molecule has 0 amide bonds. The van der Waals surface area contributed by atoms with E-state index >= 15 is 0 Å². The van der Waals surface area contributed by atoms with E-state index in [2.05, 4.69) is 0 Å². The standard InChI is InChI=1S/C38H30O6/c1-27-15-9-11-21-31(27)37(33-23-13-25-41-33,43-35(39)29-17-5-3-6-18-29)38(34-24-14-26-42-34,32-22-12-10-16-28(32)2)44-36(40)30-19-7-4-8-20-30/h3-26H,1-2H3. The van der Waals surface area contributed by atoms with Crippen molar-refractivity contribution in [1.29, 1.82) is 0 Å². The molecule has 0 spiro atoms. The van der Waals surface area contributed by atoms with Gasteiger partial charge in [0.05, 0.1) is 23.7 Å². The van der Waals surface area contributed by atoms with Gasteiger partial charge in [-0.25, -0.2) is 9.59 Å². The molecule has 2 heterocycles. The second-order valence-electron chi connectivity index (χ2n) is 10.5. The van der Waals surface area contributed by atoms with Crippen LogP contribution in [0.3, 0.4) is 0 Å². The maximum atomic E-state index is 14.3. The smallest absolute Gasteiger partial charge is 0.339 e. The summed E-state index contributed by atoms with van der Waals surface area (Å²) in [6.07, 6.45) is 3.00. The zero-order valence-electron chi connectivity index (χ0n) is 24.3. The number of furan rings is 2. The minimum Gasteiger partial charge on any atom is -0.464 e. The van der Waals surface area contributed by atoms with Crippen molar-refractivity contribution in [3.8, 4) is 0 Å². The minimum atomic E-state index is -1.93. The third kappa shape index (κ3) is 4.80. The first-order valence-electron chi connectivity index (χ1n) is 14.2. The number of benzene rings is 4. The summed E-state index contributed by atoms with van der Waals surface area (Å²) in [6, 6.07) is 39.2. The van der Waals surface area contributed by atoms with Gasteiger partial charge < -0.3 is 18.3 Å². The highest BCUT2D eigenvalue weighted by Crippen LogP contribution is 2.56. The maximum Gasteiger partial charge on any atom is 0.339 e. The predicted molar refractivity (Wildman–Crippen MR) is 165 cm³/mol. The van der Waals surface area contributed by atoms with Gasteiger partial charge in [-0.2, -0.15) is 0 Å². The zero-order valence-corrected chi connectivity index (χ0v) is 24.3. The van der Waals surface area contributed by atoms with Gasteiger partial charge in [0.1, 0.15) is 0 Å². The maximum absolute atomic E-state index is 14.3. The first-order chi connectivity index (χ1) is 21.5. The number of ether oxygens (including phenoxy) is 2. The van der Waals surface area contributed by atoms with Crippen LogP contribution in [0.2, 0.25) is 0 Å². The SMILES string of the molecule is Cc1ccccc1C(OC(=O)c1ccccc1)(c1ccco1)C(OC(=O)c1ccccc1)(c1ccco1)c1ccccc1C. The largest absolute Gasteiger partial charge is 0.464 e. The van der Waals surface area contributed by atoms with E-state index in [0.717, 1.165) is 11.1 Å². The Morgan fingerprint density at radius 2 is 0.841 bits per heavy atom. The van der Waals surface area contributed by atoms with Gasteiger partial charge in [-0.1, -0.05) is 84.9 Å². The van der Waals surface area contributed by atoms with E-state index in [0.29, 0.717) is 22.3 Å². The van der Waals surface area contributed by atoms with Crippen molar-refractivity contribution in [2.24, 2.45) is 0 Å². The highest BCUT2D eigenvalue weighted by molar-refractivity contribution is 5.91. The van der Waals surface area contributed by atoms with Gasteiger partial charge in [0.25, 0.3) is 0 Å². The molecule has 0 bridgehead atoms. The number of carbonyl (C=O) groups is 2. The molecule has 0 saturated heterocycles. The molecule has 6 aromatic rings. The summed E-state index contributed by atoms with van der Waals surface area (Å²) in [5.41, 5.74) is -0.615. The molecular formula is C38H30O6. The molecule has 0 aliphatic rings.